The summed E-state index contributed by atoms with van der Waals surface area (Å²) >= 11 is 24.7. The van der Waals surface area contributed by atoms with Gasteiger partial charge in [-0.2, -0.15) is 0 Å². The van der Waals surface area contributed by atoms with Crippen LogP contribution in [0.1, 0.15) is 11.1 Å². The van der Waals surface area contributed by atoms with Gasteiger partial charge in [0.15, 0.2) is 0 Å². The van der Waals surface area contributed by atoms with Crippen molar-refractivity contribution in [3.63, 3.8) is 0 Å². The average Bonchev–Trinajstić information content (AvgIpc) is 2.37. The molecule has 0 aliphatic heterocycles. The summed E-state index contributed by atoms with van der Waals surface area (Å²) < 4.78 is 0. The lowest BCUT2D eigenvalue weighted by atomic mass is 9.97. The molecule has 0 bridgehead atoms. The zero-order valence-electron chi connectivity index (χ0n) is 10.1. The number of benzene rings is 2. The Morgan fingerprint density at radius 1 is 0.947 bits per heavy atom. The minimum atomic E-state index is 0.371. The zero-order chi connectivity index (χ0) is 14.2. The van der Waals surface area contributed by atoms with Crippen molar-refractivity contribution in [2.24, 2.45) is 5.73 Å². The first-order valence-electron chi connectivity index (χ1n) is 5.58. The Hall–Kier alpha value is -0.440. The first-order chi connectivity index (χ1) is 8.95. The molecule has 2 aromatic carbocycles. The maximum Gasteiger partial charge on any atom is 0.0686 e. The number of hydrogen-bond donors (Lipinski definition) is 1. The fourth-order valence-electron chi connectivity index (χ4n) is 1.91. The number of halogens is 4. The predicted molar refractivity (Wildman–Crippen MR) is 84.5 cm³/mol. The van der Waals surface area contributed by atoms with Crippen molar-refractivity contribution in [3.05, 3.63) is 55.5 Å². The molecule has 19 heavy (non-hydrogen) atoms. The molecule has 0 saturated carbocycles. The number of nitrogens with two attached hydrogens (primary N) is 1. The highest BCUT2D eigenvalue weighted by Crippen LogP contribution is 2.44. The molecule has 0 unspecified atom stereocenters. The summed E-state index contributed by atoms with van der Waals surface area (Å²) in [6.45, 7) is 2.37. The summed E-state index contributed by atoms with van der Waals surface area (Å²) in [6, 6.07) is 7.45. The number of hydrogen-bond acceptors (Lipinski definition) is 1. The van der Waals surface area contributed by atoms with Crippen LogP contribution >= 0.6 is 46.4 Å². The van der Waals surface area contributed by atoms with Crippen molar-refractivity contribution in [2.45, 2.75) is 13.5 Å². The molecule has 0 saturated heterocycles. The lowest BCUT2D eigenvalue weighted by Gasteiger charge is -2.14. The molecular formula is C14H11Cl4N. The van der Waals surface area contributed by atoms with Crippen molar-refractivity contribution in [3.8, 4) is 11.1 Å². The van der Waals surface area contributed by atoms with E-state index >= 15 is 0 Å². The van der Waals surface area contributed by atoms with E-state index in [1.807, 2.05) is 25.1 Å². The van der Waals surface area contributed by atoms with Crippen LogP contribution in [0.25, 0.3) is 11.1 Å². The van der Waals surface area contributed by atoms with Gasteiger partial charge in [0.2, 0.25) is 0 Å². The van der Waals surface area contributed by atoms with Gasteiger partial charge in [-0.25, -0.2) is 0 Å². The molecule has 0 atom stereocenters. The van der Waals surface area contributed by atoms with Gasteiger partial charge in [-0.3, -0.25) is 0 Å². The summed E-state index contributed by atoms with van der Waals surface area (Å²) in [7, 11) is 0. The van der Waals surface area contributed by atoms with Crippen molar-refractivity contribution < 1.29 is 0 Å². The molecule has 2 N–H and O–H groups in total. The van der Waals surface area contributed by atoms with E-state index in [0.717, 1.165) is 16.7 Å². The molecule has 2 rings (SSSR count). The molecule has 0 heterocycles. The van der Waals surface area contributed by atoms with Crippen LogP contribution in [0.4, 0.5) is 0 Å². The van der Waals surface area contributed by atoms with Crippen LogP contribution in [0.3, 0.4) is 0 Å². The molecule has 0 aliphatic carbocycles. The van der Waals surface area contributed by atoms with Crippen LogP contribution in [-0.2, 0) is 6.54 Å². The van der Waals surface area contributed by atoms with Gasteiger partial charge in [0.1, 0.15) is 0 Å². The lowest BCUT2D eigenvalue weighted by Crippen LogP contribution is -2.00. The van der Waals surface area contributed by atoms with E-state index in [4.69, 9.17) is 52.1 Å². The van der Waals surface area contributed by atoms with E-state index in [9.17, 15) is 0 Å². The SMILES string of the molecule is Cc1ccc(CN)c(-c2c(Cl)c(Cl)cc(Cl)c2Cl)c1. The lowest BCUT2D eigenvalue weighted by molar-refractivity contribution is 1.07. The van der Waals surface area contributed by atoms with E-state index in [0.29, 0.717) is 32.2 Å². The molecule has 0 aliphatic rings. The molecule has 0 radical (unpaired) electrons. The predicted octanol–water partition coefficient (Wildman–Crippen LogP) is 5.73. The van der Waals surface area contributed by atoms with Gasteiger partial charge >= 0.3 is 0 Å². The average molecular weight is 335 g/mol. The highest BCUT2D eigenvalue weighted by atomic mass is 35.5. The molecule has 0 amide bonds. The smallest absolute Gasteiger partial charge is 0.0686 e. The quantitative estimate of drug-likeness (QED) is 0.697. The van der Waals surface area contributed by atoms with Gasteiger partial charge < -0.3 is 5.73 Å². The molecule has 100 valence electrons. The second-order valence-electron chi connectivity index (χ2n) is 4.21. The van der Waals surface area contributed by atoms with Crippen molar-refractivity contribution in [2.75, 3.05) is 0 Å². The Kier molecular flexibility index (Phi) is 4.65. The summed E-state index contributed by atoms with van der Waals surface area (Å²) in [5.74, 6) is 0. The summed E-state index contributed by atoms with van der Waals surface area (Å²) in [5.41, 5.74) is 9.27. The highest BCUT2D eigenvalue weighted by Gasteiger charge is 2.17. The molecular weight excluding hydrogens is 324 g/mol. The standard InChI is InChI=1S/C14H11Cl4N/c1-7-2-3-8(6-19)9(4-7)12-13(17)10(15)5-11(16)14(12)18/h2-5H,6,19H2,1H3. The van der Waals surface area contributed by atoms with E-state index in [2.05, 4.69) is 0 Å². The van der Waals surface area contributed by atoms with E-state index in [-0.39, 0.29) is 0 Å². The minimum Gasteiger partial charge on any atom is -0.326 e. The largest absolute Gasteiger partial charge is 0.326 e. The fourth-order valence-corrected chi connectivity index (χ4v) is 2.92. The topological polar surface area (TPSA) is 26.0 Å². The van der Waals surface area contributed by atoms with Crippen molar-refractivity contribution >= 4 is 46.4 Å². The summed E-state index contributed by atoms with van der Waals surface area (Å²) in [4.78, 5) is 0. The van der Waals surface area contributed by atoms with E-state index in [1.165, 1.54) is 6.07 Å². The van der Waals surface area contributed by atoms with Crippen LogP contribution in [-0.4, -0.2) is 0 Å². The molecule has 2 aromatic rings. The molecule has 5 heteroatoms. The summed E-state index contributed by atoms with van der Waals surface area (Å²) in [5, 5.41) is 1.51. The van der Waals surface area contributed by atoms with E-state index in [1.54, 1.807) is 0 Å². The summed E-state index contributed by atoms with van der Waals surface area (Å²) in [6.07, 6.45) is 0. The van der Waals surface area contributed by atoms with Crippen LogP contribution in [0.2, 0.25) is 20.1 Å². The fraction of sp³-hybridized carbons (Fsp3) is 0.143. The molecule has 1 nitrogen and oxygen atoms in total. The third-order valence-corrected chi connectivity index (χ3v) is 4.44. The Bertz CT molecular complexity index is 612. The maximum absolute atomic E-state index is 6.27. The highest BCUT2D eigenvalue weighted by molar-refractivity contribution is 6.50. The van der Waals surface area contributed by atoms with Gasteiger partial charge in [0.25, 0.3) is 0 Å². The monoisotopic (exact) mass is 333 g/mol. The van der Waals surface area contributed by atoms with Gasteiger partial charge in [0, 0.05) is 12.1 Å². The third-order valence-electron chi connectivity index (χ3n) is 2.87. The van der Waals surface area contributed by atoms with Gasteiger partial charge in [-0.05, 0) is 24.1 Å². The Morgan fingerprint density at radius 2 is 1.53 bits per heavy atom. The van der Waals surface area contributed by atoms with Crippen LogP contribution in [0, 0.1) is 6.92 Å². The second-order valence-corrected chi connectivity index (χ2v) is 5.78. The van der Waals surface area contributed by atoms with Crippen molar-refractivity contribution in [1.29, 1.82) is 0 Å². The second kappa shape index (κ2) is 5.90. The Labute approximate surface area is 132 Å². The zero-order valence-corrected chi connectivity index (χ0v) is 13.1. The van der Waals surface area contributed by atoms with Crippen LogP contribution in [0.15, 0.2) is 24.3 Å². The normalized spacial score (nSPS) is 10.8. The van der Waals surface area contributed by atoms with Gasteiger partial charge in [-0.15, -0.1) is 0 Å². The van der Waals surface area contributed by atoms with Gasteiger partial charge in [-0.1, -0.05) is 70.2 Å². The first-order valence-corrected chi connectivity index (χ1v) is 7.09. The maximum atomic E-state index is 6.27. The Morgan fingerprint density at radius 3 is 2.05 bits per heavy atom. The molecule has 0 fully saturated rings. The van der Waals surface area contributed by atoms with Crippen LogP contribution < -0.4 is 5.73 Å². The Balaban J connectivity index is 2.82. The van der Waals surface area contributed by atoms with Gasteiger partial charge in [0.05, 0.1) is 20.1 Å². The van der Waals surface area contributed by atoms with Crippen LogP contribution in [0.5, 0.6) is 0 Å². The van der Waals surface area contributed by atoms with E-state index < -0.39 is 0 Å². The first kappa shape index (κ1) is 15.0. The molecule has 0 aromatic heterocycles. The molecule has 0 spiro atoms. The number of rotatable bonds is 2. The minimum absolute atomic E-state index is 0.371. The third kappa shape index (κ3) is 2.86. The van der Waals surface area contributed by atoms with Crippen molar-refractivity contribution in [1.82, 2.24) is 0 Å². The number of aryl methyl sites for hydroxylation is 1.